The molecule has 1 fully saturated rings. The lowest BCUT2D eigenvalue weighted by Crippen LogP contribution is -2.52. The molecule has 0 bridgehead atoms. The number of ether oxygens (including phenoxy) is 1. The molecule has 16 heavy (non-hydrogen) atoms. The zero-order chi connectivity index (χ0) is 11.2. The molecule has 0 amide bonds. The molecule has 0 aromatic heterocycles. The highest BCUT2D eigenvalue weighted by Crippen LogP contribution is 2.39. The van der Waals surface area contributed by atoms with Gasteiger partial charge in [0.2, 0.25) is 0 Å². The van der Waals surface area contributed by atoms with Crippen molar-refractivity contribution in [3.05, 3.63) is 29.6 Å². The van der Waals surface area contributed by atoms with Gasteiger partial charge in [-0.25, -0.2) is 8.78 Å². The molecule has 1 N–H and O–H groups in total. The van der Waals surface area contributed by atoms with Gasteiger partial charge in [0.1, 0.15) is 12.0 Å². The number of hydrogen-bond acceptors (Lipinski definition) is 2. The minimum absolute atomic E-state index is 0.128. The minimum atomic E-state index is -1.03. The lowest BCUT2D eigenvalue weighted by Gasteiger charge is -2.37. The van der Waals surface area contributed by atoms with Gasteiger partial charge < -0.3 is 10.1 Å². The second-order valence-electron chi connectivity index (χ2n) is 4.55. The zero-order valence-corrected chi connectivity index (χ0v) is 8.80. The molecule has 2 atom stereocenters. The largest absolute Gasteiger partial charge is 0.378 e. The molecule has 86 valence electrons. The van der Waals surface area contributed by atoms with Gasteiger partial charge in [0.15, 0.2) is 0 Å². The van der Waals surface area contributed by atoms with Crippen LogP contribution in [0.2, 0.25) is 0 Å². The maximum atomic E-state index is 13.9. The number of anilines is 1. The molecule has 4 heteroatoms. The molecule has 2 aliphatic rings. The number of benzene rings is 1. The Morgan fingerprint density at radius 2 is 2.31 bits per heavy atom. The van der Waals surface area contributed by atoms with Gasteiger partial charge in [-0.05, 0) is 30.2 Å². The van der Waals surface area contributed by atoms with Crippen molar-refractivity contribution in [2.75, 3.05) is 18.5 Å². The van der Waals surface area contributed by atoms with Crippen molar-refractivity contribution >= 4 is 5.69 Å². The third kappa shape index (κ3) is 1.40. The van der Waals surface area contributed by atoms with Crippen LogP contribution in [0.25, 0.3) is 0 Å². The Hall–Kier alpha value is -1.16. The summed E-state index contributed by atoms with van der Waals surface area (Å²) in [6.07, 6.45) is 0.145. The maximum Gasteiger partial charge on any atom is 0.147 e. The van der Waals surface area contributed by atoms with Crippen LogP contribution in [0.5, 0.6) is 0 Å². The van der Waals surface area contributed by atoms with Crippen LogP contribution >= 0.6 is 0 Å². The third-order valence-corrected chi connectivity index (χ3v) is 3.51. The van der Waals surface area contributed by atoms with Crippen LogP contribution in [-0.4, -0.2) is 24.9 Å². The number of halogens is 2. The summed E-state index contributed by atoms with van der Waals surface area (Å²) < 4.78 is 32.1. The second kappa shape index (κ2) is 3.42. The van der Waals surface area contributed by atoms with Gasteiger partial charge in [-0.2, -0.15) is 0 Å². The van der Waals surface area contributed by atoms with E-state index in [9.17, 15) is 8.78 Å². The van der Waals surface area contributed by atoms with E-state index in [1.54, 1.807) is 6.07 Å². The van der Waals surface area contributed by atoms with Crippen molar-refractivity contribution in [1.29, 1.82) is 0 Å². The van der Waals surface area contributed by atoms with Gasteiger partial charge in [-0.3, -0.25) is 0 Å². The van der Waals surface area contributed by atoms with Crippen molar-refractivity contribution in [3.63, 3.8) is 0 Å². The molecule has 3 rings (SSSR count). The molecule has 1 aromatic carbocycles. The first-order valence-corrected chi connectivity index (χ1v) is 5.48. The molecule has 1 aromatic rings. The Balaban J connectivity index is 1.93. The normalized spacial score (nSPS) is 32.5. The first kappa shape index (κ1) is 10.0. The van der Waals surface area contributed by atoms with E-state index in [-0.39, 0.29) is 12.4 Å². The van der Waals surface area contributed by atoms with Crippen LogP contribution in [0.4, 0.5) is 14.5 Å². The van der Waals surface area contributed by atoms with E-state index in [0.29, 0.717) is 19.4 Å². The molecule has 2 unspecified atom stereocenters. The zero-order valence-electron chi connectivity index (χ0n) is 8.80. The van der Waals surface area contributed by atoms with Crippen LogP contribution in [0.15, 0.2) is 18.2 Å². The lowest BCUT2D eigenvalue weighted by molar-refractivity contribution is -0.00545. The molecule has 2 heterocycles. The monoisotopic (exact) mass is 225 g/mol. The standard InChI is InChI=1S/C12H13F2NO/c13-9-1-2-10-8(5-9)6-12(15-10)3-4-16-7-11(12)14/h1-2,5,11,15H,3-4,6-7H2. The SMILES string of the molecule is Fc1ccc2c(c1)CC1(CCOCC1F)N2. The summed E-state index contributed by atoms with van der Waals surface area (Å²) in [7, 11) is 0. The van der Waals surface area contributed by atoms with Gasteiger partial charge in [0, 0.05) is 18.7 Å². The van der Waals surface area contributed by atoms with E-state index in [1.807, 2.05) is 0 Å². The summed E-state index contributed by atoms with van der Waals surface area (Å²) in [6, 6.07) is 4.57. The molecule has 0 aliphatic carbocycles. The van der Waals surface area contributed by atoms with E-state index >= 15 is 0 Å². The highest BCUT2D eigenvalue weighted by molar-refractivity contribution is 5.59. The Morgan fingerprint density at radius 1 is 1.44 bits per heavy atom. The summed E-state index contributed by atoms with van der Waals surface area (Å²) >= 11 is 0. The predicted molar refractivity (Wildman–Crippen MR) is 56.8 cm³/mol. The predicted octanol–water partition coefficient (Wildman–Crippen LogP) is 2.29. The average molecular weight is 225 g/mol. The van der Waals surface area contributed by atoms with Gasteiger partial charge >= 0.3 is 0 Å². The number of rotatable bonds is 0. The summed E-state index contributed by atoms with van der Waals surface area (Å²) in [6.45, 7) is 0.688. The Morgan fingerprint density at radius 3 is 3.12 bits per heavy atom. The number of nitrogens with one attached hydrogen (secondary N) is 1. The van der Waals surface area contributed by atoms with E-state index in [4.69, 9.17) is 4.74 Å². The van der Waals surface area contributed by atoms with Crippen molar-refractivity contribution in [2.24, 2.45) is 0 Å². The molecule has 1 spiro atoms. The number of hydrogen-bond donors (Lipinski definition) is 1. The first-order chi connectivity index (χ1) is 7.70. The quantitative estimate of drug-likeness (QED) is 0.731. The van der Waals surface area contributed by atoms with Crippen LogP contribution in [0, 0.1) is 5.82 Å². The van der Waals surface area contributed by atoms with Gasteiger partial charge in [-0.1, -0.05) is 0 Å². The Kier molecular flexibility index (Phi) is 2.14. The fraction of sp³-hybridized carbons (Fsp3) is 0.500. The molecule has 1 saturated heterocycles. The van der Waals surface area contributed by atoms with Crippen LogP contribution in [0.3, 0.4) is 0 Å². The molecular weight excluding hydrogens is 212 g/mol. The molecule has 2 aliphatic heterocycles. The van der Waals surface area contributed by atoms with Gasteiger partial charge in [0.05, 0.1) is 12.1 Å². The fourth-order valence-corrected chi connectivity index (χ4v) is 2.58. The summed E-state index contributed by atoms with van der Waals surface area (Å²) in [5, 5.41) is 3.21. The van der Waals surface area contributed by atoms with Crippen molar-refractivity contribution in [1.82, 2.24) is 0 Å². The van der Waals surface area contributed by atoms with Gasteiger partial charge in [-0.15, -0.1) is 0 Å². The molecule has 0 saturated carbocycles. The average Bonchev–Trinajstić information content (AvgIpc) is 2.61. The Bertz CT molecular complexity index is 423. The maximum absolute atomic E-state index is 13.9. The fourth-order valence-electron chi connectivity index (χ4n) is 2.58. The molecular formula is C12H13F2NO. The topological polar surface area (TPSA) is 21.3 Å². The van der Waals surface area contributed by atoms with Crippen molar-refractivity contribution in [3.8, 4) is 0 Å². The number of fused-ring (bicyclic) bond motifs is 1. The van der Waals surface area contributed by atoms with Gasteiger partial charge in [0.25, 0.3) is 0 Å². The van der Waals surface area contributed by atoms with Crippen LogP contribution in [-0.2, 0) is 11.2 Å². The highest BCUT2D eigenvalue weighted by Gasteiger charge is 2.46. The Labute approximate surface area is 92.6 Å². The summed E-state index contributed by atoms with van der Waals surface area (Å²) in [5.74, 6) is -0.264. The van der Waals surface area contributed by atoms with Crippen LogP contribution < -0.4 is 5.32 Å². The van der Waals surface area contributed by atoms with Crippen molar-refractivity contribution in [2.45, 2.75) is 24.6 Å². The van der Waals surface area contributed by atoms with E-state index in [0.717, 1.165) is 11.3 Å². The highest BCUT2D eigenvalue weighted by atomic mass is 19.1. The third-order valence-electron chi connectivity index (χ3n) is 3.51. The van der Waals surface area contributed by atoms with E-state index < -0.39 is 11.7 Å². The van der Waals surface area contributed by atoms with Crippen LogP contribution in [0.1, 0.15) is 12.0 Å². The molecule has 2 nitrogen and oxygen atoms in total. The second-order valence-corrected chi connectivity index (χ2v) is 4.55. The van der Waals surface area contributed by atoms with E-state index in [2.05, 4.69) is 5.32 Å². The van der Waals surface area contributed by atoms with Crippen molar-refractivity contribution < 1.29 is 13.5 Å². The number of alkyl halides is 1. The molecule has 0 radical (unpaired) electrons. The first-order valence-electron chi connectivity index (χ1n) is 5.48. The lowest BCUT2D eigenvalue weighted by atomic mass is 9.85. The summed E-state index contributed by atoms with van der Waals surface area (Å²) in [4.78, 5) is 0. The van der Waals surface area contributed by atoms with E-state index in [1.165, 1.54) is 12.1 Å². The smallest absolute Gasteiger partial charge is 0.147 e. The minimum Gasteiger partial charge on any atom is -0.378 e. The summed E-state index contributed by atoms with van der Waals surface area (Å²) in [5.41, 5.74) is 1.14.